The molecule has 0 unspecified atom stereocenters. The van der Waals surface area contributed by atoms with Crippen LogP contribution in [0.5, 0.6) is 17.2 Å². The molecule has 35 heavy (non-hydrogen) atoms. The Labute approximate surface area is 206 Å². The number of amides is 1. The smallest absolute Gasteiger partial charge is 0.250 e. The lowest BCUT2D eigenvalue weighted by Crippen LogP contribution is -2.20. The first-order chi connectivity index (χ1) is 17.1. The first kappa shape index (κ1) is 23.8. The van der Waals surface area contributed by atoms with Gasteiger partial charge in [-0.3, -0.25) is 9.36 Å². The van der Waals surface area contributed by atoms with E-state index in [0.717, 1.165) is 11.3 Å². The summed E-state index contributed by atoms with van der Waals surface area (Å²) in [5.41, 5.74) is 4.79. The molecule has 0 aliphatic rings. The number of phenols is 1. The number of carbonyl (C=O) groups excluding carboxylic acids is 1. The lowest BCUT2D eigenvalue weighted by Gasteiger charge is -2.12. The summed E-state index contributed by atoms with van der Waals surface area (Å²) in [6, 6.07) is 21.7. The normalized spacial score (nSPS) is 10.9. The molecule has 9 nitrogen and oxygen atoms in total. The number of hydrazone groups is 1. The van der Waals surface area contributed by atoms with Crippen molar-refractivity contribution in [3.8, 4) is 34.3 Å². The van der Waals surface area contributed by atoms with Crippen LogP contribution in [0.3, 0.4) is 0 Å². The van der Waals surface area contributed by atoms with Crippen LogP contribution in [-0.4, -0.2) is 52.0 Å². The second-order valence-corrected chi connectivity index (χ2v) is 8.17. The highest BCUT2D eigenvalue weighted by molar-refractivity contribution is 7.99. The molecule has 0 spiro atoms. The third-order valence-electron chi connectivity index (χ3n) is 4.89. The van der Waals surface area contributed by atoms with Gasteiger partial charge in [0.15, 0.2) is 22.5 Å². The summed E-state index contributed by atoms with van der Waals surface area (Å²) < 4.78 is 12.7. The minimum Gasteiger partial charge on any atom is -0.508 e. The molecule has 0 bridgehead atoms. The van der Waals surface area contributed by atoms with E-state index in [0.29, 0.717) is 28.0 Å². The fraction of sp³-hybridized carbons (Fsp3) is 0.120. The molecule has 0 radical (unpaired) electrons. The second kappa shape index (κ2) is 11.2. The van der Waals surface area contributed by atoms with Gasteiger partial charge in [-0.2, -0.15) is 5.10 Å². The van der Waals surface area contributed by atoms with Crippen molar-refractivity contribution in [3.05, 3.63) is 78.4 Å². The molecule has 2 N–H and O–H groups in total. The van der Waals surface area contributed by atoms with Gasteiger partial charge in [0.25, 0.3) is 5.91 Å². The Morgan fingerprint density at radius 2 is 1.83 bits per heavy atom. The van der Waals surface area contributed by atoms with E-state index in [9.17, 15) is 9.90 Å². The minimum atomic E-state index is -0.304. The van der Waals surface area contributed by atoms with Gasteiger partial charge >= 0.3 is 0 Å². The Morgan fingerprint density at radius 3 is 2.57 bits per heavy atom. The van der Waals surface area contributed by atoms with Crippen LogP contribution in [0.1, 0.15) is 5.56 Å². The number of hydrogen-bond donors (Lipinski definition) is 2. The Morgan fingerprint density at radius 1 is 1.03 bits per heavy atom. The highest BCUT2D eigenvalue weighted by atomic mass is 32.2. The molecular weight excluding hydrogens is 466 g/mol. The van der Waals surface area contributed by atoms with E-state index in [1.807, 2.05) is 53.1 Å². The molecule has 1 amide bonds. The van der Waals surface area contributed by atoms with Crippen LogP contribution in [-0.2, 0) is 4.79 Å². The van der Waals surface area contributed by atoms with Crippen LogP contribution in [0.2, 0.25) is 0 Å². The van der Waals surface area contributed by atoms with Gasteiger partial charge < -0.3 is 14.6 Å². The highest BCUT2D eigenvalue weighted by Crippen LogP contribution is 2.34. The van der Waals surface area contributed by atoms with Crippen molar-refractivity contribution in [2.75, 3.05) is 20.0 Å². The molecular formula is C25H23N5O4S. The lowest BCUT2D eigenvalue weighted by molar-refractivity contribution is -0.118. The number of phenolic OH excluding ortho intramolecular Hbond substituents is 1. The number of methoxy groups -OCH3 is 2. The average molecular weight is 490 g/mol. The van der Waals surface area contributed by atoms with Crippen molar-refractivity contribution in [3.63, 3.8) is 0 Å². The van der Waals surface area contributed by atoms with Crippen LogP contribution in [0.15, 0.2) is 83.1 Å². The Balaban J connectivity index is 1.54. The molecule has 0 saturated heterocycles. The number of aromatic nitrogens is 3. The summed E-state index contributed by atoms with van der Waals surface area (Å²) in [6.45, 7) is 0. The van der Waals surface area contributed by atoms with Gasteiger partial charge in [-0.15, -0.1) is 10.2 Å². The van der Waals surface area contributed by atoms with Crippen molar-refractivity contribution in [1.82, 2.24) is 20.2 Å². The fourth-order valence-corrected chi connectivity index (χ4v) is 4.03. The van der Waals surface area contributed by atoms with Crippen LogP contribution < -0.4 is 14.9 Å². The van der Waals surface area contributed by atoms with Crippen LogP contribution in [0.25, 0.3) is 17.1 Å². The van der Waals surface area contributed by atoms with E-state index in [2.05, 4.69) is 20.7 Å². The van der Waals surface area contributed by atoms with Gasteiger partial charge in [-0.1, -0.05) is 42.1 Å². The summed E-state index contributed by atoms with van der Waals surface area (Å²) in [5.74, 6) is 1.68. The third kappa shape index (κ3) is 5.79. The van der Waals surface area contributed by atoms with Crippen molar-refractivity contribution in [2.45, 2.75) is 5.16 Å². The highest BCUT2D eigenvalue weighted by Gasteiger charge is 2.18. The molecule has 0 saturated carbocycles. The maximum atomic E-state index is 12.4. The van der Waals surface area contributed by atoms with Crippen molar-refractivity contribution in [2.24, 2.45) is 5.10 Å². The molecule has 3 aromatic carbocycles. The summed E-state index contributed by atoms with van der Waals surface area (Å²) in [7, 11) is 3.16. The number of thioether (sulfide) groups is 1. The molecule has 1 heterocycles. The first-order valence-corrected chi connectivity index (χ1v) is 11.5. The molecule has 4 rings (SSSR count). The molecule has 0 fully saturated rings. The second-order valence-electron chi connectivity index (χ2n) is 7.22. The summed E-state index contributed by atoms with van der Waals surface area (Å²) in [6.07, 6.45) is 1.46. The first-order valence-electron chi connectivity index (χ1n) is 10.6. The standard InChI is InChI=1S/C25H23N5O4S/c1-33-21-12-11-18(14-22(21)34-2)24-28-29-25(30(24)19-8-4-3-5-9-19)35-16-23(32)27-26-15-17-7-6-10-20(31)13-17/h3-15,31H,16H2,1-2H3,(H,27,32)/b26-15+. The van der Waals surface area contributed by atoms with E-state index in [4.69, 9.17) is 9.47 Å². The van der Waals surface area contributed by atoms with Crippen molar-refractivity contribution in [1.29, 1.82) is 0 Å². The molecule has 4 aromatic rings. The number of rotatable bonds is 9. The number of nitrogens with zero attached hydrogens (tertiary/aromatic N) is 4. The van der Waals surface area contributed by atoms with E-state index in [1.165, 1.54) is 18.0 Å². The third-order valence-corrected chi connectivity index (χ3v) is 5.82. The van der Waals surface area contributed by atoms with Gasteiger partial charge in [0, 0.05) is 11.3 Å². The number of para-hydroxylation sites is 1. The quantitative estimate of drug-likeness (QED) is 0.208. The number of ether oxygens (including phenoxy) is 2. The van der Waals surface area contributed by atoms with Gasteiger partial charge in [0.2, 0.25) is 0 Å². The van der Waals surface area contributed by atoms with Crippen molar-refractivity contribution >= 4 is 23.9 Å². The number of hydrogen-bond acceptors (Lipinski definition) is 8. The zero-order chi connectivity index (χ0) is 24.6. The minimum absolute atomic E-state index is 0.0777. The molecule has 178 valence electrons. The molecule has 1 aromatic heterocycles. The molecule has 0 atom stereocenters. The molecule has 10 heteroatoms. The fourth-order valence-electron chi connectivity index (χ4n) is 3.28. The SMILES string of the molecule is COc1ccc(-c2nnc(SCC(=O)N/N=C/c3cccc(O)c3)n2-c2ccccc2)cc1OC. The summed E-state index contributed by atoms with van der Waals surface area (Å²) in [5, 5.41) is 22.7. The predicted molar refractivity (Wildman–Crippen MR) is 134 cm³/mol. The predicted octanol–water partition coefficient (Wildman–Crippen LogP) is 3.90. The number of aromatic hydroxyl groups is 1. The van der Waals surface area contributed by atoms with E-state index < -0.39 is 0 Å². The van der Waals surface area contributed by atoms with Crippen molar-refractivity contribution < 1.29 is 19.4 Å². The van der Waals surface area contributed by atoms with Crippen LogP contribution in [0.4, 0.5) is 0 Å². The summed E-state index contributed by atoms with van der Waals surface area (Å²) in [4.78, 5) is 12.4. The summed E-state index contributed by atoms with van der Waals surface area (Å²) >= 11 is 1.24. The Kier molecular flexibility index (Phi) is 7.63. The molecule has 0 aliphatic carbocycles. The maximum absolute atomic E-state index is 12.4. The van der Waals surface area contributed by atoms with E-state index >= 15 is 0 Å². The zero-order valence-electron chi connectivity index (χ0n) is 19.1. The van der Waals surface area contributed by atoms with Gasteiger partial charge in [-0.05, 0) is 48.0 Å². The maximum Gasteiger partial charge on any atom is 0.250 e. The van der Waals surface area contributed by atoms with E-state index in [1.54, 1.807) is 38.5 Å². The average Bonchev–Trinajstić information content (AvgIpc) is 3.31. The largest absolute Gasteiger partial charge is 0.508 e. The van der Waals surface area contributed by atoms with Gasteiger partial charge in [-0.25, -0.2) is 5.43 Å². The topological polar surface area (TPSA) is 111 Å². The van der Waals surface area contributed by atoms with Gasteiger partial charge in [0.05, 0.1) is 26.2 Å². The number of benzene rings is 3. The van der Waals surface area contributed by atoms with Gasteiger partial charge in [0.1, 0.15) is 5.75 Å². The zero-order valence-corrected chi connectivity index (χ0v) is 19.9. The lowest BCUT2D eigenvalue weighted by atomic mass is 10.2. The number of nitrogens with one attached hydrogen (secondary N) is 1. The Hall–Kier alpha value is -4.31. The Bertz CT molecular complexity index is 1340. The molecule has 0 aliphatic heterocycles. The van der Waals surface area contributed by atoms with E-state index in [-0.39, 0.29) is 17.4 Å². The number of carbonyl (C=O) groups is 1. The monoisotopic (exact) mass is 489 g/mol. The van der Waals surface area contributed by atoms with Crippen LogP contribution in [0, 0.1) is 0 Å². The van der Waals surface area contributed by atoms with Crippen LogP contribution >= 0.6 is 11.8 Å².